The van der Waals surface area contributed by atoms with E-state index in [9.17, 15) is 21.6 Å². The van der Waals surface area contributed by atoms with Crippen molar-refractivity contribution in [2.75, 3.05) is 36.5 Å². The lowest BCUT2D eigenvalue weighted by molar-refractivity contribution is -0.114. The molecular weight excluding hydrogens is 414 g/mol. The average molecular weight is 438 g/mol. The summed E-state index contributed by atoms with van der Waals surface area (Å²) < 4.78 is 50.1. The first kappa shape index (κ1) is 21.3. The molecule has 2 aromatic rings. The van der Waals surface area contributed by atoms with Crippen LogP contribution in [0.4, 0.5) is 11.4 Å². The van der Waals surface area contributed by atoms with E-state index < -0.39 is 19.9 Å². The molecule has 0 atom stereocenters. The second-order valence-corrected chi connectivity index (χ2v) is 10.7. The number of carbonyl (C=O) groups is 1. The third-order valence-corrected chi connectivity index (χ3v) is 7.63. The van der Waals surface area contributed by atoms with Gasteiger partial charge in [0.15, 0.2) is 9.84 Å². The van der Waals surface area contributed by atoms with Crippen molar-refractivity contribution in [2.24, 2.45) is 0 Å². The van der Waals surface area contributed by atoms with E-state index in [1.165, 1.54) is 34.6 Å². The molecule has 0 aromatic heterocycles. The molecule has 0 aliphatic carbocycles. The minimum Gasteiger partial charge on any atom is -0.375 e. The van der Waals surface area contributed by atoms with Crippen LogP contribution in [0, 0.1) is 0 Å². The fourth-order valence-corrected chi connectivity index (χ4v) is 5.49. The molecule has 2 aromatic carbocycles. The molecule has 8 nitrogen and oxygen atoms in total. The van der Waals surface area contributed by atoms with Gasteiger partial charge in [0, 0.05) is 25.0 Å². The molecule has 0 saturated carbocycles. The number of anilines is 2. The molecular formula is C19H23N3O5S2. The third kappa shape index (κ3) is 5.14. The van der Waals surface area contributed by atoms with Gasteiger partial charge in [0.05, 0.1) is 22.0 Å². The molecule has 1 aliphatic heterocycles. The number of rotatable bonds is 7. The van der Waals surface area contributed by atoms with Gasteiger partial charge in [-0.3, -0.25) is 4.79 Å². The average Bonchev–Trinajstić information content (AvgIpc) is 3.22. The Labute approximate surface area is 170 Å². The SMILES string of the molecule is CS(=O)(=O)c1ccccc1NCC(=O)Nc1ccc(S(=O)(=O)N2CCCC2)cc1. The molecule has 0 bridgehead atoms. The lowest BCUT2D eigenvalue weighted by atomic mass is 10.3. The van der Waals surface area contributed by atoms with Gasteiger partial charge in [-0.15, -0.1) is 0 Å². The van der Waals surface area contributed by atoms with Crippen LogP contribution in [0.25, 0.3) is 0 Å². The first-order valence-electron chi connectivity index (χ1n) is 9.11. The van der Waals surface area contributed by atoms with Gasteiger partial charge in [-0.25, -0.2) is 16.8 Å². The Morgan fingerprint density at radius 2 is 1.59 bits per heavy atom. The Bertz CT molecular complexity index is 1090. The summed E-state index contributed by atoms with van der Waals surface area (Å²) >= 11 is 0. The highest BCUT2D eigenvalue weighted by atomic mass is 32.2. The number of para-hydroxylation sites is 1. The number of nitrogens with zero attached hydrogens (tertiary/aromatic N) is 1. The van der Waals surface area contributed by atoms with E-state index in [0.29, 0.717) is 24.5 Å². The van der Waals surface area contributed by atoms with Crippen molar-refractivity contribution in [3.05, 3.63) is 48.5 Å². The Balaban J connectivity index is 1.62. The maximum Gasteiger partial charge on any atom is 0.243 e. The summed E-state index contributed by atoms with van der Waals surface area (Å²) in [7, 11) is -6.92. The van der Waals surface area contributed by atoms with Gasteiger partial charge in [0.1, 0.15) is 0 Å². The maximum absolute atomic E-state index is 12.5. The van der Waals surface area contributed by atoms with Crippen LogP contribution in [0.1, 0.15) is 12.8 Å². The van der Waals surface area contributed by atoms with Crippen molar-refractivity contribution in [1.29, 1.82) is 0 Å². The van der Waals surface area contributed by atoms with E-state index in [4.69, 9.17) is 0 Å². The molecule has 3 rings (SSSR count). The molecule has 1 amide bonds. The van der Waals surface area contributed by atoms with Gasteiger partial charge in [0.25, 0.3) is 0 Å². The molecule has 0 radical (unpaired) electrons. The standard InChI is InChI=1S/C19H23N3O5S2/c1-28(24,25)18-7-3-2-6-17(18)20-14-19(23)21-15-8-10-16(11-9-15)29(26,27)22-12-4-5-13-22/h2-3,6-11,20H,4-5,12-14H2,1H3,(H,21,23). The monoisotopic (exact) mass is 437 g/mol. The normalized spacial score (nSPS) is 15.2. The summed E-state index contributed by atoms with van der Waals surface area (Å²) in [5.41, 5.74) is 0.797. The second-order valence-electron chi connectivity index (χ2n) is 6.81. The van der Waals surface area contributed by atoms with E-state index in [2.05, 4.69) is 10.6 Å². The van der Waals surface area contributed by atoms with Crippen LogP contribution in [0.3, 0.4) is 0 Å². The van der Waals surface area contributed by atoms with Crippen LogP contribution in [0.2, 0.25) is 0 Å². The van der Waals surface area contributed by atoms with Gasteiger partial charge in [-0.05, 0) is 49.2 Å². The van der Waals surface area contributed by atoms with Crippen LogP contribution in [0.15, 0.2) is 58.3 Å². The fraction of sp³-hybridized carbons (Fsp3) is 0.316. The number of hydrogen-bond donors (Lipinski definition) is 2. The summed E-state index contributed by atoms with van der Waals surface area (Å²) in [6, 6.07) is 12.3. The Morgan fingerprint density at radius 1 is 0.966 bits per heavy atom. The van der Waals surface area contributed by atoms with Crippen molar-refractivity contribution in [3.8, 4) is 0 Å². The third-order valence-electron chi connectivity index (χ3n) is 4.57. The zero-order valence-corrected chi connectivity index (χ0v) is 17.6. The fourth-order valence-electron chi connectivity index (χ4n) is 3.10. The minimum absolute atomic E-state index is 0.115. The number of sulfone groups is 1. The molecule has 10 heteroatoms. The van der Waals surface area contributed by atoms with Crippen LogP contribution in [0.5, 0.6) is 0 Å². The minimum atomic E-state index is -3.50. The van der Waals surface area contributed by atoms with Crippen LogP contribution in [-0.2, 0) is 24.7 Å². The molecule has 1 aliphatic rings. The first-order chi connectivity index (χ1) is 13.7. The van der Waals surface area contributed by atoms with Gasteiger partial charge < -0.3 is 10.6 Å². The summed E-state index contributed by atoms with van der Waals surface area (Å²) in [6.45, 7) is 0.920. The number of carbonyl (C=O) groups excluding carboxylic acids is 1. The molecule has 2 N–H and O–H groups in total. The number of amides is 1. The molecule has 0 unspecified atom stereocenters. The van der Waals surface area contributed by atoms with Crippen molar-refractivity contribution in [1.82, 2.24) is 4.31 Å². The van der Waals surface area contributed by atoms with Gasteiger partial charge in [0.2, 0.25) is 15.9 Å². The van der Waals surface area contributed by atoms with E-state index in [1.54, 1.807) is 18.2 Å². The highest BCUT2D eigenvalue weighted by Gasteiger charge is 2.26. The Morgan fingerprint density at radius 3 is 2.21 bits per heavy atom. The molecule has 0 spiro atoms. The maximum atomic E-state index is 12.5. The topological polar surface area (TPSA) is 113 Å². The summed E-state index contributed by atoms with van der Waals surface area (Å²) in [6.07, 6.45) is 2.83. The number of hydrogen-bond acceptors (Lipinski definition) is 6. The lowest BCUT2D eigenvalue weighted by Gasteiger charge is -2.16. The van der Waals surface area contributed by atoms with Crippen molar-refractivity contribution in [2.45, 2.75) is 22.6 Å². The molecule has 29 heavy (non-hydrogen) atoms. The van der Waals surface area contributed by atoms with Gasteiger partial charge in [-0.2, -0.15) is 4.31 Å². The summed E-state index contributed by atoms with van der Waals surface area (Å²) in [5.74, 6) is -0.386. The van der Waals surface area contributed by atoms with E-state index in [0.717, 1.165) is 19.1 Å². The smallest absolute Gasteiger partial charge is 0.243 e. The van der Waals surface area contributed by atoms with Crippen LogP contribution < -0.4 is 10.6 Å². The number of sulfonamides is 1. The van der Waals surface area contributed by atoms with Crippen molar-refractivity contribution >= 4 is 37.1 Å². The molecule has 156 valence electrons. The Hall–Kier alpha value is -2.43. The van der Waals surface area contributed by atoms with Crippen molar-refractivity contribution < 1.29 is 21.6 Å². The molecule has 1 fully saturated rings. The largest absolute Gasteiger partial charge is 0.375 e. The highest BCUT2D eigenvalue weighted by Crippen LogP contribution is 2.23. The van der Waals surface area contributed by atoms with Gasteiger partial charge >= 0.3 is 0 Å². The van der Waals surface area contributed by atoms with E-state index in [-0.39, 0.29) is 22.2 Å². The van der Waals surface area contributed by atoms with Crippen LogP contribution >= 0.6 is 0 Å². The second kappa shape index (κ2) is 8.52. The first-order valence-corrected chi connectivity index (χ1v) is 12.4. The zero-order valence-electron chi connectivity index (χ0n) is 16.0. The Kier molecular flexibility index (Phi) is 6.25. The molecule has 1 heterocycles. The van der Waals surface area contributed by atoms with E-state index >= 15 is 0 Å². The zero-order chi connectivity index (χ0) is 21.1. The predicted octanol–water partition coefficient (Wildman–Crippen LogP) is 1.93. The predicted molar refractivity (Wildman–Crippen MR) is 111 cm³/mol. The summed E-state index contributed by atoms with van der Waals surface area (Å²) in [5, 5.41) is 5.48. The lowest BCUT2D eigenvalue weighted by Crippen LogP contribution is -2.27. The van der Waals surface area contributed by atoms with E-state index in [1.807, 2.05) is 0 Å². The quantitative estimate of drug-likeness (QED) is 0.684. The van der Waals surface area contributed by atoms with Crippen molar-refractivity contribution in [3.63, 3.8) is 0 Å². The van der Waals surface area contributed by atoms with Crippen LogP contribution in [-0.4, -0.2) is 52.9 Å². The highest BCUT2D eigenvalue weighted by molar-refractivity contribution is 7.91. The number of benzene rings is 2. The summed E-state index contributed by atoms with van der Waals surface area (Å²) in [4.78, 5) is 12.5. The van der Waals surface area contributed by atoms with Gasteiger partial charge in [-0.1, -0.05) is 12.1 Å². The molecule has 1 saturated heterocycles. The number of nitrogens with one attached hydrogen (secondary N) is 2.